The zero-order chi connectivity index (χ0) is 13.8. The minimum absolute atomic E-state index is 0.0407. The van der Waals surface area contributed by atoms with Crippen LogP contribution in [0.3, 0.4) is 0 Å². The Hall–Kier alpha value is -2.17. The summed E-state index contributed by atoms with van der Waals surface area (Å²) in [7, 11) is 1.78. The van der Waals surface area contributed by atoms with Gasteiger partial charge in [-0.15, -0.1) is 0 Å². The standard InChI is InChI=1S/C14H17FN4/c1-9-8-17-14(16-3)19-13(9)18-10(2)11-4-6-12(15)7-5-11/h4-8,10H,1-3H3,(H2,16,17,18,19). The van der Waals surface area contributed by atoms with Crippen LogP contribution in [-0.4, -0.2) is 17.0 Å². The first-order valence-corrected chi connectivity index (χ1v) is 6.13. The Morgan fingerprint density at radius 1 is 1.21 bits per heavy atom. The van der Waals surface area contributed by atoms with Crippen molar-refractivity contribution in [3.8, 4) is 0 Å². The number of benzene rings is 1. The van der Waals surface area contributed by atoms with Crippen molar-refractivity contribution in [2.75, 3.05) is 17.7 Å². The fraction of sp³-hybridized carbons (Fsp3) is 0.286. The molecule has 1 aromatic heterocycles. The summed E-state index contributed by atoms with van der Waals surface area (Å²) in [5.41, 5.74) is 1.97. The Labute approximate surface area is 112 Å². The molecule has 1 heterocycles. The van der Waals surface area contributed by atoms with E-state index >= 15 is 0 Å². The van der Waals surface area contributed by atoms with Crippen LogP contribution >= 0.6 is 0 Å². The van der Waals surface area contributed by atoms with Gasteiger partial charge in [-0.25, -0.2) is 9.37 Å². The minimum Gasteiger partial charge on any atom is -0.363 e. The number of halogens is 1. The molecule has 2 aromatic rings. The summed E-state index contributed by atoms with van der Waals surface area (Å²) in [6.45, 7) is 3.95. The number of anilines is 2. The number of hydrogen-bond donors (Lipinski definition) is 2. The van der Waals surface area contributed by atoms with Gasteiger partial charge in [-0.2, -0.15) is 4.98 Å². The first-order chi connectivity index (χ1) is 9.10. The molecule has 1 atom stereocenters. The monoisotopic (exact) mass is 260 g/mol. The van der Waals surface area contributed by atoms with E-state index in [4.69, 9.17) is 0 Å². The van der Waals surface area contributed by atoms with Crippen LogP contribution in [0.1, 0.15) is 24.1 Å². The highest BCUT2D eigenvalue weighted by atomic mass is 19.1. The van der Waals surface area contributed by atoms with Crippen molar-refractivity contribution in [2.24, 2.45) is 0 Å². The summed E-state index contributed by atoms with van der Waals surface area (Å²) >= 11 is 0. The lowest BCUT2D eigenvalue weighted by Gasteiger charge is -2.16. The lowest BCUT2D eigenvalue weighted by Crippen LogP contribution is -2.10. The predicted molar refractivity (Wildman–Crippen MR) is 74.8 cm³/mol. The molecule has 1 unspecified atom stereocenters. The average molecular weight is 260 g/mol. The Morgan fingerprint density at radius 2 is 1.89 bits per heavy atom. The maximum absolute atomic E-state index is 12.9. The molecule has 19 heavy (non-hydrogen) atoms. The molecule has 0 saturated heterocycles. The third-order valence-corrected chi connectivity index (χ3v) is 2.92. The van der Waals surface area contributed by atoms with Gasteiger partial charge in [0.2, 0.25) is 5.95 Å². The van der Waals surface area contributed by atoms with Crippen molar-refractivity contribution >= 4 is 11.8 Å². The van der Waals surface area contributed by atoms with Crippen LogP contribution < -0.4 is 10.6 Å². The molecule has 4 nitrogen and oxygen atoms in total. The van der Waals surface area contributed by atoms with E-state index in [-0.39, 0.29) is 11.9 Å². The van der Waals surface area contributed by atoms with Crippen LogP contribution in [0.5, 0.6) is 0 Å². The van der Waals surface area contributed by atoms with Crippen LogP contribution in [-0.2, 0) is 0 Å². The van der Waals surface area contributed by atoms with Gasteiger partial charge in [0, 0.05) is 24.8 Å². The molecule has 0 spiro atoms. The van der Waals surface area contributed by atoms with E-state index in [1.807, 2.05) is 13.8 Å². The highest BCUT2D eigenvalue weighted by Crippen LogP contribution is 2.21. The fourth-order valence-corrected chi connectivity index (χ4v) is 1.75. The second-order valence-electron chi connectivity index (χ2n) is 4.39. The molecular weight excluding hydrogens is 243 g/mol. The molecule has 2 rings (SSSR count). The van der Waals surface area contributed by atoms with Crippen LogP contribution in [0.25, 0.3) is 0 Å². The average Bonchev–Trinajstić information content (AvgIpc) is 2.42. The van der Waals surface area contributed by atoms with Gasteiger partial charge < -0.3 is 10.6 Å². The number of nitrogens with one attached hydrogen (secondary N) is 2. The van der Waals surface area contributed by atoms with Crippen molar-refractivity contribution in [2.45, 2.75) is 19.9 Å². The quantitative estimate of drug-likeness (QED) is 0.886. The molecule has 0 bridgehead atoms. The Morgan fingerprint density at radius 3 is 2.53 bits per heavy atom. The van der Waals surface area contributed by atoms with Gasteiger partial charge in [-0.05, 0) is 31.5 Å². The van der Waals surface area contributed by atoms with Crippen molar-refractivity contribution in [3.05, 3.63) is 47.4 Å². The number of aryl methyl sites for hydroxylation is 1. The Bertz CT molecular complexity index is 554. The van der Waals surface area contributed by atoms with Crippen LogP contribution in [0.2, 0.25) is 0 Å². The highest BCUT2D eigenvalue weighted by Gasteiger charge is 2.09. The number of aromatic nitrogens is 2. The molecule has 0 radical (unpaired) electrons. The zero-order valence-electron chi connectivity index (χ0n) is 11.2. The predicted octanol–water partition coefficient (Wildman–Crippen LogP) is 3.14. The van der Waals surface area contributed by atoms with Gasteiger partial charge >= 0.3 is 0 Å². The number of nitrogens with zero attached hydrogens (tertiary/aromatic N) is 2. The normalized spacial score (nSPS) is 12.0. The topological polar surface area (TPSA) is 49.8 Å². The summed E-state index contributed by atoms with van der Waals surface area (Å²) in [6, 6.07) is 6.49. The fourth-order valence-electron chi connectivity index (χ4n) is 1.75. The lowest BCUT2D eigenvalue weighted by atomic mass is 10.1. The highest BCUT2D eigenvalue weighted by molar-refractivity contribution is 5.47. The smallest absolute Gasteiger partial charge is 0.224 e. The first-order valence-electron chi connectivity index (χ1n) is 6.13. The second-order valence-corrected chi connectivity index (χ2v) is 4.39. The third-order valence-electron chi connectivity index (χ3n) is 2.92. The van der Waals surface area contributed by atoms with E-state index in [0.29, 0.717) is 5.95 Å². The van der Waals surface area contributed by atoms with Gasteiger partial charge in [-0.3, -0.25) is 0 Å². The van der Waals surface area contributed by atoms with Crippen molar-refractivity contribution in [1.82, 2.24) is 9.97 Å². The molecule has 0 saturated carbocycles. The first kappa shape index (κ1) is 13.3. The van der Waals surface area contributed by atoms with E-state index < -0.39 is 0 Å². The molecule has 0 amide bonds. The van der Waals surface area contributed by atoms with Crippen molar-refractivity contribution in [3.63, 3.8) is 0 Å². The van der Waals surface area contributed by atoms with Crippen LogP contribution in [0.4, 0.5) is 16.2 Å². The SMILES string of the molecule is CNc1ncc(C)c(NC(C)c2ccc(F)cc2)n1. The van der Waals surface area contributed by atoms with E-state index in [0.717, 1.165) is 16.9 Å². The Balaban J connectivity index is 2.18. The number of hydrogen-bond acceptors (Lipinski definition) is 4. The molecule has 0 aliphatic carbocycles. The van der Waals surface area contributed by atoms with Gasteiger partial charge in [0.25, 0.3) is 0 Å². The van der Waals surface area contributed by atoms with Gasteiger partial charge in [0.05, 0.1) is 0 Å². The molecular formula is C14H17FN4. The molecule has 0 fully saturated rings. The summed E-state index contributed by atoms with van der Waals surface area (Å²) in [4.78, 5) is 8.50. The lowest BCUT2D eigenvalue weighted by molar-refractivity contribution is 0.626. The summed E-state index contributed by atoms with van der Waals surface area (Å²) in [5.74, 6) is 1.11. The molecule has 100 valence electrons. The summed E-state index contributed by atoms with van der Waals surface area (Å²) in [6.07, 6.45) is 1.76. The van der Waals surface area contributed by atoms with E-state index in [1.165, 1.54) is 12.1 Å². The maximum Gasteiger partial charge on any atom is 0.224 e. The molecule has 5 heteroatoms. The molecule has 1 aromatic carbocycles. The van der Waals surface area contributed by atoms with Gasteiger partial charge in [0.1, 0.15) is 11.6 Å². The number of rotatable bonds is 4. The maximum atomic E-state index is 12.9. The molecule has 2 N–H and O–H groups in total. The third kappa shape index (κ3) is 3.19. The van der Waals surface area contributed by atoms with E-state index in [2.05, 4.69) is 20.6 Å². The molecule has 0 aliphatic rings. The molecule has 0 aliphatic heterocycles. The van der Waals surface area contributed by atoms with E-state index in [9.17, 15) is 4.39 Å². The van der Waals surface area contributed by atoms with E-state index in [1.54, 1.807) is 25.4 Å². The van der Waals surface area contributed by atoms with Crippen LogP contribution in [0, 0.1) is 12.7 Å². The summed E-state index contributed by atoms with van der Waals surface area (Å²) in [5, 5.41) is 6.21. The summed E-state index contributed by atoms with van der Waals surface area (Å²) < 4.78 is 12.9. The minimum atomic E-state index is -0.230. The van der Waals surface area contributed by atoms with Crippen molar-refractivity contribution < 1.29 is 4.39 Å². The largest absolute Gasteiger partial charge is 0.363 e. The second kappa shape index (κ2) is 5.65. The zero-order valence-corrected chi connectivity index (χ0v) is 11.2. The van der Waals surface area contributed by atoms with Gasteiger partial charge in [0.15, 0.2) is 0 Å². The van der Waals surface area contributed by atoms with Crippen LogP contribution in [0.15, 0.2) is 30.5 Å². The van der Waals surface area contributed by atoms with Crippen molar-refractivity contribution in [1.29, 1.82) is 0 Å². The Kier molecular flexibility index (Phi) is 3.94. The van der Waals surface area contributed by atoms with Gasteiger partial charge in [-0.1, -0.05) is 12.1 Å².